The van der Waals surface area contributed by atoms with E-state index in [1.807, 2.05) is 24.3 Å². The first-order chi connectivity index (χ1) is 16.2. The van der Waals surface area contributed by atoms with E-state index in [9.17, 15) is 9.18 Å². The average Bonchev–Trinajstić information content (AvgIpc) is 3.58. The molecule has 0 saturated carbocycles. The van der Waals surface area contributed by atoms with Crippen molar-refractivity contribution in [2.45, 2.75) is 31.9 Å². The first-order valence-electron chi connectivity index (χ1n) is 10.7. The van der Waals surface area contributed by atoms with E-state index in [-0.39, 0.29) is 11.9 Å². The van der Waals surface area contributed by atoms with Gasteiger partial charge in [-0.1, -0.05) is 29.5 Å². The standard InChI is InChI=1S/C23H22FN7O2/c24-22-12-19(31-15-20(33-23(31)32)14-30-11-10-25-29-30)8-9-21(22)17-6-4-16(5-7-17)2-1-3-18-13-26-28-27-18/h4-13,20H,1-3,14-15H2,(H,26,27,28)/t20-/m0/s1. The second kappa shape index (κ2) is 9.19. The number of rotatable bonds is 8. The number of halogens is 1. The van der Waals surface area contributed by atoms with Gasteiger partial charge in [0.15, 0.2) is 0 Å². The molecule has 2 aromatic heterocycles. The Kier molecular flexibility index (Phi) is 5.79. The number of hydrogen-bond acceptors (Lipinski definition) is 6. The van der Waals surface area contributed by atoms with E-state index in [0.717, 1.165) is 30.5 Å². The van der Waals surface area contributed by atoms with Crippen molar-refractivity contribution in [3.63, 3.8) is 0 Å². The van der Waals surface area contributed by atoms with Crippen LogP contribution in [0.2, 0.25) is 0 Å². The number of aryl methyl sites for hydroxylation is 2. The predicted molar refractivity (Wildman–Crippen MR) is 118 cm³/mol. The molecule has 168 valence electrons. The lowest BCUT2D eigenvalue weighted by atomic mass is 10.0. The van der Waals surface area contributed by atoms with Crippen LogP contribution < -0.4 is 4.90 Å². The third kappa shape index (κ3) is 4.74. The molecule has 1 fully saturated rings. The smallest absolute Gasteiger partial charge is 0.414 e. The second-order valence-corrected chi connectivity index (χ2v) is 7.92. The fourth-order valence-electron chi connectivity index (χ4n) is 3.94. The zero-order valence-electron chi connectivity index (χ0n) is 17.8. The molecule has 1 amide bonds. The van der Waals surface area contributed by atoms with Crippen molar-refractivity contribution in [3.05, 3.63) is 78.1 Å². The summed E-state index contributed by atoms with van der Waals surface area (Å²) in [5.74, 6) is -0.390. The molecule has 1 atom stereocenters. The Bertz CT molecular complexity index is 1210. The highest BCUT2D eigenvalue weighted by atomic mass is 19.1. The van der Waals surface area contributed by atoms with E-state index in [2.05, 4.69) is 25.7 Å². The maximum absolute atomic E-state index is 15.0. The number of H-pyrrole nitrogens is 1. The van der Waals surface area contributed by atoms with Crippen LogP contribution in [-0.2, 0) is 24.1 Å². The number of aromatic amines is 1. The Morgan fingerprint density at radius 2 is 2.03 bits per heavy atom. The first-order valence-corrected chi connectivity index (χ1v) is 10.7. The highest BCUT2D eigenvalue weighted by Crippen LogP contribution is 2.29. The summed E-state index contributed by atoms with van der Waals surface area (Å²) in [6, 6.07) is 12.7. The second-order valence-electron chi connectivity index (χ2n) is 7.92. The molecule has 1 aliphatic heterocycles. The van der Waals surface area contributed by atoms with Crippen LogP contribution in [0, 0.1) is 5.82 Å². The van der Waals surface area contributed by atoms with Crippen LogP contribution in [0.3, 0.4) is 0 Å². The van der Waals surface area contributed by atoms with Gasteiger partial charge in [-0.2, -0.15) is 15.4 Å². The number of amides is 1. The summed E-state index contributed by atoms with van der Waals surface area (Å²) in [5.41, 5.74) is 3.86. The summed E-state index contributed by atoms with van der Waals surface area (Å²) < 4.78 is 22.0. The highest BCUT2D eigenvalue weighted by Gasteiger charge is 2.33. The van der Waals surface area contributed by atoms with Crippen LogP contribution in [-0.4, -0.2) is 49.1 Å². The lowest BCUT2D eigenvalue weighted by molar-refractivity contribution is 0.129. The van der Waals surface area contributed by atoms with Crippen molar-refractivity contribution in [3.8, 4) is 11.1 Å². The monoisotopic (exact) mass is 447 g/mol. The Morgan fingerprint density at radius 1 is 1.15 bits per heavy atom. The van der Waals surface area contributed by atoms with Crippen molar-refractivity contribution in [1.82, 2.24) is 30.4 Å². The van der Waals surface area contributed by atoms with Crippen molar-refractivity contribution in [2.24, 2.45) is 0 Å². The molecular weight excluding hydrogens is 425 g/mol. The molecule has 0 spiro atoms. The normalized spacial score (nSPS) is 15.7. The van der Waals surface area contributed by atoms with Gasteiger partial charge in [0.2, 0.25) is 0 Å². The molecule has 0 aliphatic carbocycles. The lowest BCUT2D eigenvalue weighted by Gasteiger charge is -2.14. The maximum atomic E-state index is 15.0. The fourth-order valence-corrected chi connectivity index (χ4v) is 3.94. The molecule has 1 saturated heterocycles. The zero-order valence-corrected chi connectivity index (χ0v) is 17.8. The summed E-state index contributed by atoms with van der Waals surface area (Å²) in [4.78, 5) is 13.7. The van der Waals surface area contributed by atoms with Gasteiger partial charge in [0.25, 0.3) is 0 Å². The van der Waals surface area contributed by atoms with Gasteiger partial charge in [-0.3, -0.25) is 4.90 Å². The number of benzene rings is 2. The van der Waals surface area contributed by atoms with Crippen molar-refractivity contribution in [1.29, 1.82) is 0 Å². The summed E-state index contributed by atoms with van der Waals surface area (Å²) in [5, 5.41) is 18.1. The number of cyclic esters (lactones) is 1. The molecule has 9 nitrogen and oxygen atoms in total. The Morgan fingerprint density at radius 3 is 2.76 bits per heavy atom. The number of nitrogens with zero attached hydrogens (tertiary/aromatic N) is 6. The Hall–Kier alpha value is -4.08. The van der Waals surface area contributed by atoms with Crippen LogP contribution in [0.4, 0.5) is 14.9 Å². The van der Waals surface area contributed by atoms with Gasteiger partial charge < -0.3 is 4.74 Å². The molecule has 0 unspecified atom stereocenters. The van der Waals surface area contributed by atoms with Crippen LogP contribution in [0.15, 0.2) is 61.1 Å². The third-order valence-electron chi connectivity index (χ3n) is 5.63. The summed E-state index contributed by atoms with van der Waals surface area (Å²) in [6.07, 6.45) is 6.84. The van der Waals surface area contributed by atoms with E-state index in [1.54, 1.807) is 35.4 Å². The number of carbonyl (C=O) groups is 1. The molecule has 2 aromatic carbocycles. The topological polar surface area (TPSA) is 102 Å². The molecule has 1 aliphatic rings. The minimum Gasteiger partial charge on any atom is -0.442 e. The highest BCUT2D eigenvalue weighted by molar-refractivity contribution is 5.90. The minimum absolute atomic E-state index is 0.320. The predicted octanol–water partition coefficient (Wildman–Crippen LogP) is 3.40. The molecule has 3 heterocycles. The molecule has 1 N–H and O–H groups in total. The minimum atomic E-state index is -0.498. The third-order valence-corrected chi connectivity index (χ3v) is 5.63. The van der Waals surface area contributed by atoms with Gasteiger partial charge in [-0.05, 0) is 48.6 Å². The van der Waals surface area contributed by atoms with E-state index in [0.29, 0.717) is 24.3 Å². The SMILES string of the molecule is O=C1O[C@@H](Cn2ccnn2)CN1c1ccc(-c2ccc(CCCc3cn[nH]n3)cc2)c(F)c1. The van der Waals surface area contributed by atoms with Gasteiger partial charge in [-0.25, -0.2) is 13.9 Å². The molecule has 4 aromatic rings. The molecule has 33 heavy (non-hydrogen) atoms. The van der Waals surface area contributed by atoms with E-state index >= 15 is 0 Å². The Labute approximate surface area is 189 Å². The van der Waals surface area contributed by atoms with E-state index in [1.165, 1.54) is 16.5 Å². The van der Waals surface area contributed by atoms with Gasteiger partial charge in [-0.15, -0.1) is 5.10 Å². The van der Waals surface area contributed by atoms with E-state index < -0.39 is 6.09 Å². The lowest BCUT2D eigenvalue weighted by Crippen LogP contribution is -2.26. The first kappa shape index (κ1) is 20.8. The molecule has 0 radical (unpaired) electrons. The number of aromatic nitrogens is 6. The van der Waals surface area contributed by atoms with Crippen LogP contribution in [0.1, 0.15) is 17.7 Å². The number of hydrogen-bond donors (Lipinski definition) is 1. The van der Waals surface area contributed by atoms with Crippen molar-refractivity contribution in [2.75, 3.05) is 11.4 Å². The summed E-state index contributed by atoms with van der Waals surface area (Å²) >= 11 is 0. The zero-order chi connectivity index (χ0) is 22.6. The molecule has 5 rings (SSSR count). The Balaban J connectivity index is 1.22. The number of carbonyl (C=O) groups excluding carboxylic acids is 1. The quantitative estimate of drug-likeness (QED) is 0.444. The van der Waals surface area contributed by atoms with Gasteiger partial charge in [0.1, 0.15) is 11.9 Å². The van der Waals surface area contributed by atoms with Gasteiger partial charge >= 0.3 is 6.09 Å². The van der Waals surface area contributed by atoms with Gasteiger partial charge in [0, 0.05) is 11.8 Å². The van der Waals surface area contributed by atoms with Crippen LogP contribution >= 0.6 is 0 Å². The van der Waals surface area contributed by atoms with E-state index in [4.69, 9.17) is 4.74 Å². The molecular formula is C23H22FN7O2. The average molecular weight is 447 g/mol. The number of nitrogens with one attached hydrogen (secondary N) is 1. The fraction of sp³-hybridized carbons (Fsp3) is 0.261. The number of anilines is 1. The van der Waals surface area contributed by atoms with Crippen molar-refractivity contribution >= 4 is 11.8 Å². The summed E-state index contributed by atoms with van der Waals surface area (Å²) in [7, 11) is 0. The summed E-state index contributed by atoms with van der Waals surface area (Å²) in [6.45, 7) is 0.717. The van der Waals surface area contributed by atoms with Gasteiger partial charge in [0.05, 0.1) is 36.9 Å². The van der Waals surface area contributed by atoms with Crippen molar-refractivity contribution < 1.29 is 13.9 Å². The van der Waals surface area contributed by atoms with Crippen LogP contribution in [0.5, 0.6) is 0 Å². The largest absolute Gasteiger partial charge is 0.442 e. The molecule has 10 heteroatoms. The molecule has 0 bridgehead atoms. The van der Waals surface area contributed by atoms with Crippen LogP contribution in [0.25, 0.3) is 11.1 Å². The maximum Gasteiger partial charge on any atom is 0.414 e. The number of ether oxygens (including phenoxy) is 1.